The molecular weight excluding hydrogens is 402 g/mol. The first-order chi connectivity index (χ1) is 14.1. The van der Waals surface area contributed by atoms with Crippen molar-refractivity contribution in [3.8, 4) is 11.5 Å². The van der Waals surface area contributed by atoms with Crippen molar-refractivity contribution in [2.45, 2.75) is 56.1 Å². The van der Waals surface area contributed by atoms with E-state index in [0.29, 0.717) is 12.5 Å². The number of aliphatic imine (C=N–C) groups is 1. The van der Waals surface area contributed by atoms with Gasteiger partial charge in [0.15, 0.2) is 27.3 Å². The Morgan fingerprint density at radius 2 is 1.73 bits per heavy atom. The third-order valence-electron chi connectivity index (χ3n) is 6.31. The summed E-state index contributed by atoms with van der Waals surface area (Å²) in [7, 11) is 1.82. The van der Waals surface area contributed by atoms with Crippen molar-refractivity contribution in [2.24, 2.45) is 4.99 Å². The normalized spacial score (nSPS) is 17.3. The molecule has 2 rings (SSSR count). The molecule has 0 radical (unpaired) electrons. The van der Waals surface area contributed by atoms with E-state index >= 15 is 0 Å². The molecule has 0 amide bonds. The smallest absolute Gasteiger partial charge is 0.191 e. The lowest BCUT2D eigenvalue weighted by molar-refractivity contribution is 0.288. The predicted molar refractivity (Wildman–Crippen MR) is 123 cm³/mol. The van der Waals surface area contributed by atoms with Gasteiger partial charge in [-0.15, -0.1) is 0 Å². The van der Waals surface area contributed by atoms with Crippen molar-refractivity contribution in [1.29, 1.82) is 0 Å². The summed E-state index contributed by atoms with van der Waals surface area (Å²) in [5, 5.41) is 6.62. The molecule has 0 heterocycles. The summed E-state index contributed by atoms with van der Waals surface area (Å²) >= 11 is 0. The van der Waals surface area contributed by atoms with Gasteiger partial charge in [-0.3, -0.25) is 4.99 Å². The van der Waals surface area contributed by atoms with Gasteiger partial charge in [0.1, 0.15) is 0 Å². The van der Waals surface area contributed by atoms with Crippen LogP contribution in [0, 0.1) is 0 Å². The standard InChI is InChI=1S/C22H37N3O4S/c1-21(2,30(6,26)27)15-24-20(23-3)25-16-22(12-8-7-9-13-22)17-10-11-18(28-4)19(14-17)29-5/h10-11,14H,7-9,12-13,15-16H2,1-6H3,(H2,23,24,25). The average Bonchev–Trinajstić information content (AvgIpc) is 2.73. The fourth-order valence-corrected chi connectivity index (χ4v) is 4.20. The molecule has 170 valence electrons. The molecule has 1 aromatic rings. The number of hydrogen-bond donors (Lipinski definition) is 2. The molecule has 0 bridgehead atoms. The molecule has 0 aromatic heterocycles. The van der Waals surface area contributed by atoms with E-state index in [-0.39, 0.29) is 12.0 Å². The van der Waals surface area contributed by atoms with Crippen LogP contribution in [0.2, 0.25) is 0 Å². The number of nitrogens with one attached hydrogen (secondary N) is 2. The first-order valence-corrected chi connectivity index (χ1v) is 12.3. The molecule has 1 aliphatic rings. The zero-order valence-corrected chi connectivity index (χ0v) is 20.0. The molecule has 0 saturated heterocycles. The lowest BCUT2D eigenvalue weighted by atomic mass is 9.69. The van der Waals surface area contributed by atoms with Crippen LogP contribution in [0.3, 0.4) is 0 Å². The molecule has 2 N–H and O–H groups in total. The molecule has 0 unspecified atom stereocenters. The van der Waals surface area contributed by atoms with Crippen molar-refractivity contribution in [3.05, 3.63) is 23.8 Å². The van der Waals surface area contributed by atoms with Crippen LogP contribution in [-0.4, -0.2) is 59.7 Å². The lowest BCUT2D eigenvalue weighted by Crippen LogP contribution is -2.50. The van der Waals surface area contributed by atoms with Crippen LogP contribution in [0.15, 0.2) is 23.2 Å². The van der Waals surface area contributed by atoms with E-state index in [1.165, 1.54) is 31.1 Å². The summed E-state index contributed by atoms with van der Waals surface area (Å²) < 4.78 is 34.0. The number of ether oxygens (including phenoxy) is 2. The van der Waals surface area contributed by atoms with Crippen LogP contribution in [0.4, 0.5) is 0 Å². The highest BCUT2D eigenvalue weighted by Gasteiger charge is 2.35. The van der Waals surface area contributed by atoms with E-state index in [0.717, 1.165) is 24.3 Å². The van der Waals surface area contributed by atoms with Crippen LogP contribution in [0.1, 0.15) is 51.5 Å². The van der Waals surface area contributed by atoms with E-state index < -0.39 is 14.6 Å². The second kappa shape index (κ2) is 9.90. The first kappa shape index (κ1) is 24.3. The number of sulfone groups is 1. The minimum atomic E-state index is -3.18. The average molecular weight is 440 g/mol. The van der Waals surface area contributed by atoms with Crippen LogP contribution in [0.5, 0.6) is 11.5 Å². The van der Waals surface area contributed by atoms with Crippen molar-refractivity contribution in [3.63, 3.8) is 0 Å². The molecule has 1 aromatic carbocycles. The Labute approximate surface area is 181 Å². The minimum absolute atomic E-state index is 0.0399. The molecule has 0 aliphatic heterocycles. The monoisotopic (exact) mass is 439 g/mol. The second-order valence-corrected chi connectivity index (χ2v) is 11.4. The molecule has 0 atom stereocenters. The van der Waals surface area contributed by atoms with Gasteiger partial charge in [0.05, 0.1) is 19.0 Å². The number of hydrogen-bond acceptors (Lipinski definition) is 5. The minimum Gasteiger partial charge on any atom is -0.493 e. The topological polar surface area (TPSA) is 89.0 Å². The van der Waals surface area contributed by atoms with Crippen molar-refractivity contribution in [1.82, 2.24) is 10.6 Å². The van der Waals surface area contributed by atoms with Gasteiger partial charge < -0.3 is 20.1 Å². The van der Waals surface area contributed by atoms with Crippen molar-refractivity contribution >= 4 is 15.8 Å². The van der Waals surface area contributed by atoms with Gasteiger partial charge in [-0.2, -0.15) is 0 Å². The number of rotatable bonds is 8. The van der Waals surface area contributed by atoms with E-state index in [9.17, 15) is 8.42 Å². The fraction of sp³-hybridized carbons (Fsp3) is 0.682. The van der Waals surface area contributed by atoms with Gasteiger partial charge in [0.2, 0.25) is 0 Å². The molecule has 30 heavy (non-hydrogen) atoms. The van der Waals surface area contributed by atoms with Crippen LogP contribution in [-0.2, 0) is 15.3 Å². The number of methoxy groups -OCH3 is 2. The summed E-state index contributed by atoms with van der Waals surface area (Å²) in [5.74, 6) is 2.06. The largest absolute Gasteiger partial charge is 0.493 e. The fourth-order valence-electron chi connectivity index (χ4n) is 3.86. The predicted octanol–water partition coefficient (Wildman–Crippen LogP) is 2.89. The van der Waals surface area contributed by atoms with Crippen LogP contribution >= 0.6 is 0 Å². The zero-order valence-electron chi connectivity index (χ0n) is 19.2. The van der Waals surface area contributed by atoms with E-state index in [1.54, 1.807) is 35.1 Å². The Morgan fingerprint density at radius 1 is 1.10 bits per heavy atom. The third kappa shape index (κ3) is 5.59. The van der Waals surface area contributed by atoms with Crippen LogP contribution in [0.25, 0.3) is 0 Å². The Kier molecular flexibility index (Phi) is 8.02. The molecule has 8 heteroatoms. The summed E-state index contributed by atoms with van der Waals surface area (Å²) in [6.45, 7) is 4.43. The summed E-state index contributed by atoms with van der Waals surface area (Å²) in [6.07, 6.45) is 6.98. The van der Waals surface area contributed by atoms with Gasteiger partial charge >= 0.3 is 0 Å². The highest BCUT2D eigenvalue weighted by atomic mass is 32.2. The van der Waals surface area contributed by atoms with Gasteiger partial charge in [-0.25, -0.2) is 8.42 Å². The Morgan fingerprint density at radius 3 is 2.27 bits per heavy atom. The number of benzene rings is 1. The van der Waals surface area contributed by atoms with Gasteiger partial charge in [-0.05, 0) is 44.4 Å². The second-order valence-electron chi connectivity index (χ2n) is 8.72. The van der Waals surface area contributed by atoms with Crippen molar-refractivity contribution < 1.29 is 17.9 Å². The van der Waals surface area contributed by atoms with Crippen molar-refractivity contribution in [2.75, 3.05) is 40.6 Å². The maximum atomic E-state index is 12.0. The summed E-state index contributed by atoms with van der Waals surface area (Å²) in [4.78, 5) is 4.30. The van der Waals surface area contributed by atoms with Crippen LogP contribution < -0.4 is 20.1 Å². The molecule has 1 saturated carbocycles. The molecule has 1 fully saturated rings. The lowest BCUT2D eigenvalue weighted by Gasteiger charge is -2.39. The molecule has 7 nitrogen and oxygen atoms in total. The number of nitrogens with zero attached hydrogens (tertiary/aromatic N) is 1. The first-order valence-electron chi connectivity index (χ1n) is 10.5. The molecule has 0 spiro atoms. The van der Waals surface area contributed by atoms with E-state index in [4.69, 9.17) is 9.47 Å². The molecular formula is C22H37N3O4S. The Hall–Kier alpha value is -1.96. The zero-order chi connectivity index (χ0) is 22.4. The summed E-state index contributed by atoms with van der Waals surface area (Å²) in [5.41, 5.74) is 1.18. The van der Waals surface area contributed by atoms with Gasteiger partial charge in [0, 0.05) is 31.8 Å². The van der Waals surface area contributed by atoms with E-state index in [2.05, 4.69) is 27.8 Å². The molecule has 1 aliphatic carbocycles. The van der Waals surface area contributed by atoms with Gasteiger partial charge in [0.25, 0.3) is 0 Å². The maximum absolute atomic E-state index is 12.0. The quantitative estimate of drug-likeness (QED) is 0.478. The Balaban J connectivity index is 2.18. The number of guanidine groups is 1. The SMILES string of the molecule is CN=C(NCC1(c2ccc(OC)c(OC)c2)CCCCC1)NCC(C)(C)S(C)(=O)=O. The highest BCUT2D eigenvalue weighted by Crippen LogP contribution is 2.42. The third-order valence-corrected chi connectivity index (χ3v) is 8.46. The van der Waals surface area contributed by atoms with Gasteiger partial charge in [-0.1, -0.05) is 25.3 Å². The maximum Gasteiger partial charge on any atom is 0.191 e. The Bertz CT molecular complexity index is 844. The highest BCUT2D eigenvalue weighted by molar-refractivity contribution is 7.92. The summed E-state index contributed by atoms with van der Waals surface area (Å²) in [6, 6.07) is 6.17. The van der Waals surface area contributed by atoms with E-state index in [1.807, 2.05) is 6.07 Å².